The summed E-state index contributed by atoms with van der Waals surface area (Å²) in [5, 5.41) is 5.76. The lowest BCUT2D eigenvalue weighted by atomic mass is 10.0. The summed E-state index contributed by atoms with van der Waals surface area (Å²) in [6.07, 6.45) is 0.997. The molecule has 2 N–H and O–H groups in total. The van der Waals surface area contributed by atoms with Crippen LogP contribution in [0.4, 0.5) is 11.4 Å². The summed E-state index contributed by atoms with van der Waals surface area (Å²) in [5.74, 6) is -0.474. The Balaban J connectivity index is 1.66. The highest BCUT2D eigenvalue weighted by atomic mass is 16.2. The predicted molar refractivity (Wildman–Crippen MR) is 114 cm³/mol. The molecule has 1 aliphatic heterocycles. The molecule has 152 valence electrons. The van der Waals surface area contributed by atoms with Gasteiger partial charge in [-0.05, 0) is 41.7 Å². The molecule has 2 aromatic carbocycles. The third-order valence-electron chi connectivity index (χ3n) is 5.10. The van der Waals surface area contributed by atoms with Crippen LogP contribution in [0.15, 0.2) is 48.5 Å². The summed E-state index contributed by atoms with van der Waals surface area (Å²) in [6.45, 7) is 6.02. The summed E-state index contributed by atoms with van der Waals surface area (Å²) in [5.41, 5.74) is 3.50. The largest absolute Gasteiger partial charge is 0.344 e. The van der Waals surface area contributed by atoms with Crippen LogP contribution in [-0.2, 0) is 27.2 Å². The fourth-order valence-electron chi connectivity index (χ4n) is 3.57. The average Bonchev–Trinajstić information content (AvgIpc) is 3.10. The molecule has 0 saturated heterocycles. The molecule has 0 bridgehead atoms. The summed E-state index contributed by atoms with van der Waals surface area (Å²) in [6, 6.07) is 14.4. The molecule has 0 aromatic heterocycles. The summed E-state index contributed by atoms with van der Waals surface area (Å²) < 4.78 is 0. The first-order valence-corrected chi connectivity index (χ1v) is 9.90. The zero-order valence-corrected chi connectivity index (χ0v) is 17.1. The highest BCUT2D eigenvalue weighted by molar-refractivity contribution is 5.99. The van der Waals surface area contributed by atoms with Gasteiger partial charge in [-0.2, -0.15) is 0 Å². The molecule has 0 fully saturated rings. The smallest absolute Gasteiger partial charge is 0.247 e. The van der Waals surface area contributed by atoms with Gasteiger partial charge in [-0.15, -0.1) is 0 Å². The van der Waals surface area contributed by atoms with Gasteiger partial charge in [0.25, 0.3) is 0 Å². The number of anilines is 2. The van der Waals surface area contributed by atoms with Crippen molar-refractivity contribution >= 4 is 29.1 Å². The first-order chi connectivity index (χ1) is 13.8. The van der Waals surface area contributed by atoms with E-state index in [1.54, 1.807) is 17.9 Å². The number of hydrogen-bond acceptors (Lipinski definition) is 3. The molecule has 2 aromatic rings. The quantitative estimate of drug-likeness (QED) is 0.792. The molecule has 3 amide bonds. The predicted octanol–water partition coefficient (Wildman–Crippen LogP) is 2.92. The number of benzene rings is 2. The maximum absolute atomic E-state index is 12.8. The van der Waals surface area contributed by atoms with E-state index in [4.69, 9.17) is 0 Å². The number of amides is 3. The lowest BCUT2D eigenvalue weighted by Crippen LogP contribution is -2.47. The Morgan fingerprint density at radius 2 is 1.79 bits per heavy atom. The van der Waals surface area contributed by atoms with Crippen molar-refractivity contribution in [3.8, 4) is 0 Å². The number of fused-ring (bicyclic) bond motifs is 1. The standard InChI is InChI=1S/C23H27N3O3/c1-15(2)22(25-21(28)13-17-7-5-4-6-8-17)23(29)24-19-9-10-20-18(14-19)11-12-26(20)16(3)27/h4-10,14-15,22H,11-13H2,1-3H3,(H,24,29)(H,25,28)/t22-/m1/s1. The molecule has 29 heavy (non-hydrogen) atoms. The van der Waals surface area contributed by atoms with Gasteiger partial charge in [0.15, 0.2) is 0 Å². The molecule has 0 radical (unpaired) electrons. The van der Waals surface area contributed by atoms with E-state index in [1.807, 2.05) is 56.3 Å². The number of rotatable bonds is 6. The average molecular weight is 393 g/mol. The van der Waals surface area contributed by atoms with Gasteiger partial charge in [-0.25, -0.2) is 0 Å². The van der Waals surface area contributed by atoms with Gasteiger partial charge in [0, 0.05) is 24.8 Å². The minimum absolute atomic E-state index is 0.0153. The van der Waals surface area contributed by atoms with E-state index in [0.717, 1.165) is 23.2 Å². The lowest BCUT2D eigenvalue weighted by molar-refractivity contribution is -0.127. The molecule has 0 aliphatic carbocycles. The van der Waals surface area contributed by atoms with Crippen molar-refractivity contribution in [1.82, 2.24) is 5.32 Å². The molecule has 6 heteroatoms. The first-order valence-electron chi connectivity index (χ1n) is 9.90. The fraction of sp³-hybridized carbons (Fsp3) is 0.348. The molecule has 1 atom stereocenters. The molecule has 1 aliphatic rings. The lowest BCUT2D eigenvalue weighted by Gasteiger charge is -2.22. The molecule has 1 heterocycles. The van der Waals surface area contributed by atoms with Crippen molar-refractivity contribution in [3.05, 3.63) is 59.7 Å². The molecule has 0 saturated carbocycles. The Kier molecular flexibility index (Phi) is 6.32. The van der Waals surface area contributed by atoms with Gasteiger partial charge in [0.05, 0.1) is 6.42 Å². The number of hydrogen-bond donors (Lipinski definition) is 2. The van der Waals surface area contributed by atoms with Crippen LogP contribution in [0.25, 0.3) is 0 Å². The van der Waals surface area contributed by atoms with Gasteiger partial charge in [0.2, 0.25) is 17.7 Å². The molecular formula is C23H27N3O3. The van der Waals surface area contributed by atoms with Crippen LogP contribution in [-0.4, -0.2) is 30.3 Å². The summed E-state index contributed by atoms with van der Waals surface area (Å²) in [4.78, 5) is 38.7. The van der Waals surface area contributed by atoms with E-state index in [9.17, 15) is 14.4 Å². The van der Waals surface area contributed by atoms with Gasteiger partial charge in [0.1, 0.15) is 6.04 Å². The van der Waals surface area contributed by atoms with E-state index in [2.05, 4.69) is 10.6 Å². The van der Waals surface area contributed by atoms with Gasteiger partial charge < -0.3 is 15.5 Å². The maximum Gasteiger partial charge on any atom is 0.247 e. The van der Waals surface area contributed by atoms with Crippen molar-refractivity contribution in [2.24, 2.45) is 5.92 Å². The highest BCUT2D eigenvalue weighted by Crippen LogP contribution is 2.30. The molecule has 0 spiro atoms. The van der Waals surface area contributed by atoms with E-state index in [1.165, 1.54) is 0 Å². The second kappa shape index (κ2) is 8.90. The van der Waals surface area contributed by atoms with Crippen LogP contribution in [0.5, 0.6) is 0 Å². The third-order valence-corrected chi connectivity index (χ3v) is 5.10. The Morgan fingerprint density at radius 3 is 2.45 bits per heavy atom. The maximum atomic E-state index is 12.8. The number of nitrogens with one attached hydrogen (secondary N) is 2. The van der Waals surface area contributed by atoms with Crippen LogP contribution >= 0.6 is 0 Å². The van der Waals surface area contributed by atoms with E-state index in [0.29, 0.717) is 12.2 Å². The minimum Gasteiger partial charge on any atom is -0.344 e. The Bertz CT molecular complexity index is 909. The highest BCUT2D eigenvalue weighted by Gasteiger charge is 2.26. The van der Waals surface area contributed by atoms with Gasteiger partial charge in [-0.3, -0.25) is 14.4 Å². The first kappa shape index (κ1) is 20.6. The van der Waals surface area contributed by atoms with Crippen molar-refractivity contribution in [2.75, 3.05) is 16.8 Å². The molecule has 3 rings (SSSR count). The van der Waals surface area contributed by atoms with E-state index >= 15 is 0 Å². The number of nitrogens with zero attached hydrogens (tertiary/aromatic N) is 1. The van der Waals surface area contributed by atoms with Crippen molar-refractivity contribution in [2.45, 2.75) is 39.7 Å². The van der Waals surface area contributed by atoms with E-state index in [-0.39, 0.29) is 30.1 Å². The number of carbonyl (C=O) groups excluding carboxylic acids is 3. The zero-order valence-electron chi connectivity index (χ0n) is 17.1. The minimum atomic E-state index is -0.631. The monoisotopic (exact) mass is 393 g/mol. The fourth-order valence-corrected chi connectivity index (χ4v) is 3.57. The SMILES string of the molecule is CC(=O)N1CCc2cc(NC(=O)[C@H](NC(=O)Cc3ccccc3)C(C)C)ccc21. The van der Waals surface area contributed by atoms with Crippen LogP contribution in [0.1, 0.15) is 31.9 Å². The van der Waals surface area contributed by atoms with Crippen LogP contribution in [0, 0.1) is 5.92 Å². The van der Waals surface area contributed by atoms with Gasteiger partial charge in [-0.1, -0.05) is 44.2 Å². The van der Waals surface area contributed by atoms with Crippen LogP contribution in [0.3, 0.4) is 0 Å². The van der Waals surface area contributed by atoms with Crippen molar-refractivity contribution in [3.63, 3.8) is 0 Å². The second-order valence-corrected chi connectivity index (χ2v) is 7.70. The Labute approximate surface area is 171 Å². The topological polar surface area (TPSA) is 78.5 Å². The zero-order chi connectivity index (χ0) is 21.0. The second-order valence-electron chi connectivity index (χ2n) is 7.70. The summed E-state index contributed by atoms with van der Waals surface area (Å²) in [7, 11) is 0. The normalized spacial score (nSPS) is 13.7. The Hall–Kier alpha value is -3.15. The molecule has 0 unspecified atom stereocenters. The van der Waals surface area contributed by atoms with Crippen molar-refractivity contribution in [1.29, 1.82) is 0 Å². The Morgan fingerprint density at radius 1 is 1.07 bits per heavy atom. The molecule has 6 nitrogen and oxygen atoms in total. The van der Waals surface area contributed by atoms with Crippen LogP contribution in [0.2, 0.25) is 0 Å². The molecular weight excluding hydrogens is 366 g/mol. The van der Waals surface area contributed by atoms with Crippen LogP contribution < -0.4 is 15.5 Å². The third kappa shape index (κ3) is 5.02. The van der Waals surface area contributed by atoms with Gasteiger partial charge >= 0.3 is 0 Å². The summed E-state index contributed by atoms with van der Waals surface area (Å²) >= 11 is 0. The number of carbonyl (C=O) groups is 3. The van der Waals surface area contributed by atoms with E-state index < -0.39 is 6.04 Å². The van der Waals surface area contributed by atoms with Crippen molar-refractivity contribution < 1.29 is 14.4 Å².